The lowest BCUT2D eigenvalue weighted by Crippen LogP contribution is -2.57. The van der Waals surface area contributed by atoms with E-state index in [0.29, 0.717) is 18.7 Å². The van der Waals surface area contributed by atoms with Crippen molar-refractivity contribution in [3.63, 3.8) is 0 Å². The minimum atomic E-state index is -0.703. The average Bonchev–Trinajstić information content (AvgIpc) is 3.48. The van der Waals surface area contributed by atoms with Gasteiger partial charge in [-0.2, -0.15) is 0 Å². The lowest BCUT2D eigenvalue weighted by atomic mass is 9.79. The number of Topliss-reactive ketones (excluding diaryl/α,β-unsaturated/α-hetero) is 1. The molecule has 3 aliphatic rings. The van der Waals surface area contributed by atoms with Crippen molar-refractivity contribution in [2.24, 2.45) is 11.3 Å². The highest BCUT2D eigenvalue weighted by Crippen LogP contribution is 2.42. The second-order valence-corrected chi connectivity index (χ2v) is 10.0. The molecule has 8 nitrogen and oxygen atoms in total. The number of ether oxygens (including phenoxy) is 1. The van der Waals surface area contributed by atoms with Crippen molar-refractivity contribution < 1.29 is 23.9 Å². The number of fused-ring (bicyclic) bond motifs is 1. The fraction of sp³-hybridized carbons (Fsp3) is 0.600. The van der Waals surface area contributed by atoms with Gasteiger partial charge >= 0.3 is 0 Å². The van der Waals surface area contributed by atoms with E-state index >= 15 is 0 Å². The van der Waals surface area contributed by atoms with Crippen molar-refractivity contribution in [1.29, 1.82) is 0 Å². The van der Waals surface area contributed by atoms with Gasteiger partial charge in [-0.05, 0) is 36.0 Å². The number of carbonyl (C=O) groups excluding carboxylic acids is 4. The van der Waals surface area contributed by atoms with E-state index in [1.165, 1.54) is 6.92 Å². The van der Waals surface area contributed by atoms with E-state index < -0.39 is 12.1 Å². The molecule has 1 aromatic rings. The lowest BCUT2D eigenvalue weighted by molar-refractivity contribution is -0.140. The SMILES string of the molecule is CC(=O)NCc1ccc(C(=O)N[C@H](C(=O)N2C[C@@H](C)[C@H]3OCC(=O)[C@H]32)C2(C)CCCC2)cc1. The van der Waals surface area contributed by atoms with Crippen LogP contribution < -0.4 is 10.6 Å². The molecule has 8 heteroatoms. The number of amides is 3. The minimum Gasteiger partial charge on any atom is -0.367 e. The molecule has 0 unspecified atom stereocenters. The molecule has 0 aromatic heterocycles. The van der Waals surface area contributed by atoms with Crippen LogP contribution in [-0.2, 0) is 25.7 Å². The Morgan fingerprint density at radius 2 is 1.85 bits per heavy atom. The molecule has 178 valence electrons. The fourth-order valence-corrected chi connectivity index (χ4v) is 5.51. The molecule has 4 rings (SSSR count). The second-order valence-electron chi connectivity index (χ2n) is 10.0. The van der Waals surface area contributed by atoms with Gasteiger partial charge < -0.3 is 20.3 Å². The summed E-state index contributed by atoms with van der Waals surface area (Å²) in [6.07, 6.45) is 3.46. The summed E-state index contributed by atoms with van der Waals surface area (Å²) in [7, 11) is 0. The highest BCUT2D eigenvalue weighted by atomic mass is 16.5. The zero-order valence-electron chi connectivity index (χ0n) is 19.6. The Morgan fingerprint density at radius 1 is 1.18 bits per heavy atom. The van der Waals surface area contributed by atoms with Gasteiger partial charge in [0.1, 0.15) is 18.7 Å². The quantitative estimate of drug-likeness (QED) is 0.681. The molecular weight excluding hydrogens is 422 g/mol. The number of benzene rings is 1. The van der Waals surface area contributed by atoms with Crippen LogP contribution in [0, 0.1) is 11.3 Å². The summed E-state index contributed by atoms with van der Waals surface area (Å²) in [4.78, 5) is 52.2. The van der Waals surface area contributed by atoms with E-state index in [9.17, 15) is 19.2 Å². The number of ketones is 1. The third-order valence-electron chi connectivity index (χ3n) is 7.45. The predicted octanol–water partition coefficient (Wildman–Crippen LogP) is 1.82. The maximum atomic E-state index is 13.8. The Bertz CT molecular complexity index is 938. The highest BCUT2D eigenvalue weighted by Gasteiger charge is 2.54. The first-order chi connectivity index (χ1) is 15.7. The predicted molar refractivity (Wildman–Crippen MR) is 121 cm³/mol. The molecular formula is C25H33N3O5. The van der Waals surface area contributed by atoms with E-state index in [4.69, 9.17) is 4.74 Å². The number of hydrogen-bond donors (Lipinski definition) is 2. The first-order valence-corrected chi connectivity index (χ1v) is 11.8. The Morgan fingerprint density at radius 3 is 2.48 bits per heavy atom. The molecule has 1 aliphatic carbocycles. The summed E-state index contributed by atoms with van der Waals surface area (Å²) in [5.74, 6) is -0.602. The first kappa shape index (κ1) is 23.4. The van der Waals surface area contributed by atoms with Gasteiger partial charge in [0.2, 0.25) is 11.8 Å². The molecule has 0 bridgehead atoms. The third kappa shape index (κ3) is 4.67. The molecule has 1 saturated carbocycles. The summed E-state index contributed by atoms with van der Waals surface area (Å²) < 4.78 is 5.65. The molecule has 0 spiro atoms. The number of carbonyl (C=O) groups is 4. The largest absolute Gasteiger partial charge is 0.367 e. The Balaban J connectivity index is 1.53. The molecule has 2 aliphatic heterocycles. The van der Waals surface area contributed by atoms with E-state index in [1.807, 2.05) is 6.92 Å². The van der Waals surface area contributed by atoms with E-state index in [0.717, 1.165) is 31.2 Å². The summed E-state index contributed by atoms with van der Waals surface area (Å²) in [6, 6.07) is 5.73. The van der Waals surface area contributed by atoms with Crippen molar-refractivity contribution in [1.82, 2.24) is 15.5 Å². The van der Waals surface area contributed by atoms with Gasteiger partial charge in [-0.3, -0.25) is 19.2 Å². The number of nitrogens with one attached hydrogen (secondary N) is 2. The number of likely N-dealkylation sites (tertiary alicyclic amines) is 1. The smallest absolute Gasteiger partial charge is 0.251 e. The zero-order chi connectivity index (χ0) is 23.8. The molecule has 0 radical (unpaired) electrons. The monoisotopic (exact) mass is 455 g/mol. The van der Waals surface area contributed by atoms with Gasteiger partial charge in [0, 0.05) is 31.5 Å². The van der Waals surface area contributed by atoms with Gasteiger partial charge in [0.25, 0.3) is 5.91 Å². The average molecular weight is 456 g/mol. The van der Waals surface area contributed by atoms with Gasteiger partial charge in [0.05, 0.1) is 6.10 Å². The normalized spacial score (nSPS) is 26.7. The minimum absolute atomic E-state index is 0.0442. The van der Waals surface area contributed by atoms with Crippen LogP contribution in [0.5, 0.6) is 0 Å². The van der Waals surface area contributed by atoms with Crippen LogP contribution in [-0.4, -0.2) is 59.7 Å². The maximum Gasteiger partial charge on any atom is 0.251 e. The van der Waals surface area contributed by atoms with E-state index in [2.05, 4.69) is 17.6 Å². The van der Waals surface area contributed by atoms with E-state index in [1.54, 1.807) is 29.2 Å². The van der Waals surface area contributed by atoms with Crippen molar-refractivity contribution >= 4 is 23.5 Å². The van der Waals surface area contributed by atoms with Gasteiger partial charge in [-0.1, -0.05) is 38.8 Å². The second kappa shape index (κ2) is 9.25. The number of nitrogens with zero attached hydrogens (tertiary/aromatic N) is 1. The molecule has 2 saturated heterocycles. The first-order valence-electron chi connectivity index (χ1n) is 11.8. The van der Waals surface area contributed by atoms with Crippen LogP contribution in [0.2, 0.25) is 0 Å². The Hall–Kier alpha value is -2.74. The summed E-state index contributed by atoms with van der Waals surface area (Å²) >= 11 is 0. The van der Waals surface area contributed by atoms with Crippen molar-refractivity contribution in [3.05, 3.63) is 35.4 Å². The van der Waals surface area contributed by atoms with Crippen LogP contribution in [0.25, 0.3) is 0 Å². The standard InChI is InChI=1S/C25H33N3O5/c1-15-13-28(20-19(30)14-33-21(15)20)24(32)22(25(3)10-4-5-11-25)27-23(31)18-8-6-17(7-9-18)12-26-16(2)29/h6-9,15,20-22H,4-5,10-14H2,1-3H3,(H,26,29)(H,27,31)/t15-,20-,21-,22-/m1/s1. The van der Waals surface area contributed by atoms with Crippen molar-refractivity contribution in [3.8, 4) is 0 Å². The molecule has 1 aromatic carbocycles. The Kier molecular flexibility index (Phi) is 6.56. The van der Waals surface area contributed by atoms with Crippen molar-refractivity contribution in [2.75, 3.05) is 13.2 Å². The lowest BCUT2D eigenvalue weighted by Gasteiger charge is -2.37. The van der Waals surface area contributed by atoms with Crippen molar-refractivity contribution in [2.45, 2.75) is 71.2 Å². The maximum absolute atomic E-state index is 13.8. The molecule has 3 amide bonds. The molecule has 3 fully saturated rings. The Labute approximate surface area is 194 Å². The summed E-state index contributed by atoms with van der Waals surface area (Å²) in [5, 5.41) is 5.75. The topological polar surface area (TPSA) is 105 Å². The molecule has 2 N–H and O–H groups in total. The number of rotatable bonds is 6. The van der Waals surface area contributed by atoms with Crippen LogP contribution in [0.4, 0.5) is 0 Å². The van der Waals surface area contributed by atoms with Gasteiger partial charge in [-0.15, -0.1) is 0 Å². The molecule has 4 atom stereocenters. The van der Waals surface area contributed by atoms with Crippen LogP contribution in [0.1, 0.15) is 62.4 Å². The highest BCUT2D eigenvalue weighted by molar-refractivity contribution is 5.99. The van der Waals surface area contributed by atoms with Gasteiger partial charge in [0.15, 0.2) is 5.78 Å². The zero-order valence-corrected chi connectivity index (χ0v) is 19.6. The van der Waals surface area contributed by atoms with Gasteiger partial charge in [-0.25, -0.2) is 0 Å². The van der Waals surface area contributed by atoms with E-state index in [-0.39, 0.29) is 47.5 Å². The van der Waals surface area contributed by atoms with Crippen LogP contribution in [0.15, 0.2) is 24.3 Å². The third-order valence-corrected chi connectivity index (χ3v) is 7.45. The number of hydrogen-bond acceptors (Lipinski definition) is 5. The van der Waals surface area contributed by atoms with Crippen LogP contribution in [0.3, 0.4) is 0 Å². The summed E-state index contributed by atoms with van der Waals surface area (Å²) in [6.45, 7) is 6.41. The molecule has 2 heterocycles. The fourth-order valence-electron chi connectivity index (χ4n) is 5.51. The summed E-state index contributed by atoms with van der Waals surface area (Å²) in [5.41, 5.74) is 0.977. The van der Waals surface area contributed by atoms with Crippen LogP contribution >= 0.6 is 0 Å². The molecule has 33 heavy (non-hydrogen) atoms.